The molecule has 5 heteroatoms. The number of anilines is 1. The van der Waals surface area contributed by atoms with Gasteiger partial charge in [0.15, 0.2) is 5.13 Å². The van der Waals surface area contributed by atoms with Crippen LogP contribution < -0.4 is 5.32 Å². The van der Waals surface area contributed by atoms with Crippen molar-refractivity contribution in [2.75, 3.05) is 18.4 Å². The number of rotatable bonds is 3. The van der Waals surface area contributed by atoms with E-state index in [2.05, 4.69) is 36.0 Å². The number of likely N-dealkylation sites (tertiary alicyclic amines) is 1. The van der Waals surface area contributed by atoms with Crippen LogP contribution in [0.5, 0.6) is 0 Å². The Hall–Kier alpha value is -0.940. The van der Waals surface area contributed by atoms with E-state index < -0.39 is 0 Å². The molecule has 0 spiro atoms. The van der Waals surface area contributed by atoms with Crippen molar-refractivity contribution in [1.29, 1.82) is 0 Å². The summed E-state index contributed by atoms with van der Waals surface area (Å²) in [4.78, 5) is 19.2. The van der Waals surface area contributed by atoms with Crippen molar-refractivity contribution in [3.05, 3.63) is 11.1 Å². The van der Waals surface area contributed by atoms with Gasteiger partial charge in [0.1, 0.15) is 0 Å². The van der Waals surface area contributed by atoms with Gasteiger partial charge in [-0.25, -0.2) is 4.98 Å². The molecule has 1 N–H and O–H groups in total. The maximum atomic E-state index is 12.4. The summed E-state index contributed by atoms with van der Waals surface area (Å²) >= 11 is 1.51. The van der Waals surface area contributed by atoms with Crippen LogP contribution in [0.15, 0.2) is 5.38 Å². The standard InChI is InChI=1S/C16H27N3OS/c1-12(19-9-7-5-6-8-10-19)14(20)18-15-17-13(11-21-15)16(2,3)4/h11-12H,5-10H2,1-4H3,(H,17,18,20). The average Bonchev–Trinajstić information content (AvgIpc) is 2.72. The minimum absolute atomic E-state index is 0.0237. The van der Waals surface area contributed by atoms with Gasteiger partial charge < -0.3 is 5.32 Å². The molecule has 2 heterocycles. The summed E-state index contributed by atoms with van der Waals surface area (Å²) in [6.45, 7) is 10.5. The van der Waals surface area contributed by atoms with Gasteiger partial charge >= 0.3 is 0 Å². The molecule has 1 amide bonds. The molecular formula is C16H27N3OS. The van der Waals surface area contributed by atoms with Crippen LogP contribution in [0.25, 0.3) is 0 Å². The minimum atomic E-state index is -0.0786. The molecule has 118 valence electrons. The summed E-state index contributed by atoms with van der Waals surface area (Å²) in [5.41, 5.74) is 1.06. The normalized spacial score (nSPS) is 19.0. The first kappa shape index (κ1) is 16.4. The lowest BCUT2D eigenvalue weighted by Crippen LogP contribution is -2.42. The third kappa shape index (κ3) is 4.51. The van der Waals surface area contributed by atoms with Gasteiger partial charge in [0.05, 0.1) is 11.7 Å². The molecule has 0 bridgehead atoms. The van der Waals surface area contributed by atoms with Gasteiger partial charge in [-0.1, -0.05) is 33.6 Å². The Labute approximate surface area is 132 Å². The number of amides is 1. The average molecular weight is 309 g/mol. The van der Waals surface area contributed by atoms with Gasteiger partial charge in [-0.2, -0.15) is 0 Å². The summed E-state index contributed by atoms with van der Waals surface area (Å²) in [5.74, 6) is 0.0618. The highest BCUT2D eigenvalue weighted by Gasteiger charge is 2.24. The monoisotopic (exact) mass is 309 g/mol. The fourth-order valence-corrected chi connectivity index (χ4v) is 3.47. The van der Waals surface area contributed by atoms with Gasteiger partial charge in [0, 0.05) is 10.8 Å². The molecule has 2 rings (SSSR count). The molecule has 0 aromatic carbocycles. The van der Waals surface area contributed by atoms with Crippen LogP contribution in [0.2, 0.25) is 0 Å². The first-order valence-corrected chi connectivity index (χ1v) is 8.77. The van der Waals surface area contributed by atoms with Crippen molar-refractivity contribution in [2.45, 2.75) is 64.8 Å². The minimum Gasteiger partial charge on any atom is -0.301 e. The lowest BCUT2D eigenvalue weighted by atomic mass is 9.93. The molecule has 1 aliphatic rings. The van der Waals surface area contributed by atoms with Crippen LogP contribution in [-0.4, -0.2) is 34.9 Å². The number of aromatic nitrogens is 1. The molecule has 4 nitrogen and oxygen atoms in total. The molecular weight excluding hydrogens is 282 g/mol. The lowest BCUT2D eigenvalue weighted by molar-refractivity contribution is -0.120. The van der Waals surface area contributed by atoms with Gasteiger partial charge in [-0.05, 0) is 32.9 Å². The number of hydrogen-bond donors (Lipinski definition) is 1. The highest BCUT2D eigenvalue weighted by atomic mass is 32.1. The van der Waals surface area contributed by atoms with E-state index in [1.54, 1.807) is 0 Å². The molecule has 1 atom stereocenters. The van der Waals surface area contributed by atoms with Crippen molar-refractivity contribution >= 4 is 22.4 Å². The van der Waals surface area contributed by atoms with E-state index in [4.69, 9.17) is 0 Å². The number of carbonyl (C=O) groups excluding carboxylic acids is 1. The van der Waals surface area contributed by atoms with Crippen LogP contribution >= 0.6 is 11.3 Å². The molecule has 1 unspecified atom stereocenters. The Balaban J connectivity index is 1.95. The van der Waals surface area contributed by atoms with Crippen molar-refractivity contribution in [1.82, 2.24) is 9.88 Å². The highest BCUT2D eigenvalue weighted by molar-refractivity contribution is 7.13. The van der Waals surface area contributed by atoms with Crippen LogP contribution in [0, 0.1) is 0 Å². The molecule has 0 radical (unpaired) electrons. The Morgan fingerprint density at radius 3 is 2.43 bits per heavy atom. The molecule has 1 saturated heterocycles. The summed E-state index contributed by atoms with van der Waals surface area (Å²) in [6.07, 6.45) is 4.96. The van der Waals surface area contributed by atoms with Crippen LogP contribution in [0.4, 0.5) is 5.13 Å². The Morgan fingerprint density at radius 2 is 1.90 bits per heavy atom. The number of carbonyl (C=O) groups is 1. The number of nitrogens with zero attached hydrogens (tertiary/aromatic N) is 2. The molecule has 1 fully saturated rings. The first-order valence-electron chi connectivity index (χ1n) is 7.89. The fraction of sp³-hybridized carbons (Fsp3) is 0.750. The van der Waals surface area contributed by atoms with Gasteiger partial charge in [-0.3, -0.25) is 9.69 Å². The van der Waals surface area contributed by atoms with Crippen molar-refractivity contribution < 1.29 is 4.79 Å². The Bertz CT molecular complexity index is 470. The van der Waals surface area contributed by atoms with Crippen molar-refractivity contribution in [3.63, 3.8) is 0 Å². The van der Waals surface area contributed by atoms with E-state index in [0.29, 0.717) is 5.13 Å². The van der Waals surface area contributed by atoms with Gasteiger partial charge in [0.2, 0.25) is 5.91 Å². The molecule has 1 aromatic rings. The van der Waals surface area contributed by atoms with Gasteiger partial charge in [-0.15, -0.1) is 11.3 Å². The van der Waals surface area contributed by atoms with Crippen LogP contribution in [-0.2, 0) is 10.2 Å². The zero-order valence-corrected chi connectivity index (χ0v) is 14.4. The second-order valence-corrected chi connectivity index (χ2v) is 7.76. The summed E-state index contributed by atoms with van der Waals surface area (Å²) in [7, 11) is 0. The van der Waals surface area contributed by atoms with E-state index in [1.165, 1.54) is 37.0 Å². The Kier molecular flexibility index (Phi) is 5.38. The van der Waals surface area contributed by atoms with Gasteiger partial charge in [0.25, 0.3) is 0 Å². The second-order valence-electron chi connectivity index (χ2n) is 6.90. The predicted octanol–water partition coefficient (Wildman–Crippen LogP) is 3.64. The highest BCUT2D eigenvalue weighted by Crippen LogP contribution is 2.26. The lowest BCUT2D eigenvalue weighted by Gasteiger charge is -2.26. The topological polar surface area (TPSA) is 45.2 Å². The maximum absolute atomic E-state index is 12.4. The number of hydrogen-bond acceptors (Lipinski definition) is 4. The largest absolute Gasteiger partial charge is 0.301 e. The summed E-state index contributed by atoms with van der Waals surface area (Å²) in [5, 5.41) is 5.73. The van der Waals surface area contributed by atoms with E-state index in [0.717, 1.165) is 18.8 Å². The Morgan fingerprint density at radius 1 is 1.29 bits per heavy atom. The number of nitrogens with one attached hydrogen (secondary N) is 1. The molecule has 21 heavy (non-hydrogen) atoms. The third-order valence-electron chi connectivity index (χ3n) is 4.07. The molecule has 0 aliphatic carbocycles. The summed E-state index contributed by atoms with van der Waals surface area (Å²) in [6, 6.07) is -0.0786. The fourth-order valence-electron chi connectivity index (χ4n) is 2.53. The predicted molar refractivity (Wildman–Crippen MR) is 88.9 cm³/mol. The van der Waals surface area contributed by atoms with E-state index >= 15 is 0 Å². The number of thiazole rings is 1. The molecule has 0 saturated carbocycles. The first-order chi connectivity index (χ1) is 9.88. The second kappa shape index (κ2) is 6.88. The SMILES string of the molecule is CC(C(=O)Nc1nc(C(C)(C)C)cs1)N1CCCCCC1. The quantitative estimate of drug-likeness (QED) is 0.927. The van der Waals surface area contributed by atoms with Crippen LogP contribution in [0.1, 0.15) is 59.1 Å². The summed E-state index contributed by atoms with van der Waals surface area (Å²) < 4.78 is 0. The smallest absolute Gasteiger partial charge is 0.243 e. The zero-order chi connectivity index (χ0) is 15.5. The van der Waals surface area contributed by atoms with E-state index in [-0.39, 0.29) is 17.4 Å². The van der Waals surface area contributed by atoms with Crippen molar-refractivity contribution in [2.24, 2.45) is 0 Å². The maximum Gasteiger partial charge on any atom is 0.243 e. The van der Waals surface area contributed by atoms with Crippen molar-refractivity contribution in [3.8, 4) is 0 Å². The molecule has 1 aromatic heterocycles. The third-order valence-corrected chi connectivity index (χ3v) is 4.83. The van der Waals surface area contributed by atoms with E-state index in [9.17, 15) is 4.79 Å². The molecule has 1 aliphatic heterocycles. The van der Waals surface area contributed by atoms with E-state index in [1.807, 2.05) is 12.3 Å². The zero-order valence-electron chi connectivity index (χ0n) is 13.6. The van der Waals surface area contributed by atoms with Crippen LogP contribution in [0.3, 0.4) is 0 Å².